The predicted molar refractivity (Wildman–Crippen MR) is 120 cm³/mol. The Balaban J connectivity index is 1.21. The van der Waals surface area contributed by atoms with E-state index in [0.29, 0.717) is 11.8 Å². The molecule has 0 radical (unpaired) electrons. The summed E-state index contributed by atoms with van der Waals surface area (Å²) in [6, 6.07) is 15.5. The average Bonchev–Trinajstić information content (AvgIpc) is 3.49. The molecule has 0 unspecified atom stereocenters. The summed E-state index contributed by atoms with van der Waals surface area (Å²) in [5.41, 5.74) is 1.45. The number of hydrogen-bond acceptors (Lipinski definition) is 3. The zero-order valence-electron chi connectivity index (χ0n) is 18.1. The molecule has 3 fully saturated rings. The highest BCUT2D eigenvalue weighted by Gasteiger charge is 2.43. The van der Waals surface area contributed by atoms with Gasteiger partial charge in [-0.05, 0) is 66.2 Å². The molecule has 4 atom stereocenters. The third kappa shape index (κ3) is 4.55. The molecule has 1 N–H and O–H groups in total. The summed E-state index contributed by atoms with van der Waals surface area (Å²) >= 11 is 0. The summed E-state index contributed by atoms with van der Waals surface area (Å²) in [5, 5.41) is 5.92. The maximum atomic E-state index is 11.8. The number of nitrogens with one attached hydrogen (secondary N) is 1. The minimum absolute atomic E-state index is 0.0734. The molecule has 1 amide bonds. The molecule has 1 aliphatic heterocycles. The quantitative estimate of drug-likeness (QED) is 0.755. The van der Waals surface area contributed by atoms with Crippen LogP contribution in [0.2, 0.25) is 0 Å². The zero-order chi connectivity index (χ0) is 20.5. The largest absolute Gasteiger partial charge is 0.376 e. The molecule has 3 aliphatic rings. The first-order valence-corrected chi connectivity index (χ1v) is 11.7. The number of carbonyl (C=O) groups excluding carboxylic acids is 1. The molecule has 1 saturated heterocycles. The number of carbonyl (C=O) groups is 1. The number of amides is 1. The van der Waals surface area contributed by atoms with Crippen LogP contribution in [0.15, 0.2) is 42.5 Å². The van der Waals surface area contributed by atoms with Crippen LogP contribution < -0.4 is 5.32 Å². The van der Waals surface area contributed by atoms with E-state index in [4.69, 9.17) is 4.74 Å². The van der Waals surface area contributed by atoms with Gasteiger partial charge in [0.05, 0.1) is 12.1 Å². The standard InChI is InChI=1S/C26H34N2O2/c1-18(29)27-25-13-22-15-28(16-23(22)14-26(25)30-17-19-9-10-19)12-11-21-7-4-6-20-5-2-3-8-24(20)21/h2-8,19,22-23,25-26H,9-17H2,1H3,(H,27,29)/t22-,23+,25-,26-/m1/s1. The molecular weight excluding hydrogens is 372 g/mol. The van der Waals surface area contributed by atoms with E-state index in [9.17, 15) is 4.79 Å². The van der Waals surface area contributed by atoms with Gasteiger partial charge in [-0.25, -0.2) is 0 Å². The van der Waals surface area contributed by atoms with Gasteiger partial charge < -0.3 is 15.0 Å². The van der Waals surface area contributed by atoms with Crippen LogP contribution in [-0.2, 0) is 16.0 Å². The van der Waals surface area contributed by atoms with Crippen LogP contribution in [0.1, 0.15) is 38.2 Å². The van der Waals surface area contributed by atoms with Gasteiger partial charge in [0.15, 0.2) is 0 Å². The Hall–Kier alpha value is -1.91. The molecule has 2 aromatic rings. The normalized spacial score (nSPS) is 29.1. The van der Waals surface area contributed by atoms with Crippen LogP contribution in [0, 0.1) is 17.8 Å². The van der Waals surface area contributed by atoms with Crippen LogP contribution in [0.25, 0.3) is 10.8 Å². The zero-order valence-corrected chi connectivity index (χ0v) is 18.1. The van der Waals surface area contributed by atoms with E-state index in [-0.39, 0.29) is 18.1 Å². The van der Waals surface area contributed by atoms with E-state index in [0.717, 1.165) is 44.9 Å². The van der Waals surface area contributed by atoms with Crippen molar-refractivity contribution in [3.8, 4) is 0 Å². The summed E-state index contributed by atoms with van der Waals surface area (Å²) in [4.78, 5) is 14.4. The lowest BCUT2D eigenvalue weighted by atomic mass is 9.77. The van der Waals surface area contributed by atoms with Gasteiger partial charge in [0.2, 0.25) is 5.91 Å². The van der Waals surface area contributed by atoms with E-state index < -0.39 is 0 Å². The van der Waals surface area contributed by atoms with Crippen molar-refractivity contribution < 1.29 is 9.53 Å². The number of benzene rings is 2. The van der Waals surface area contributed by atoms with Crippen LogP contribution in [0.3, 0.4) is 0 Å². The fraction of sp³-hybridized carbons (Fsp3) is 0.577. The molecular formula is C26H34N2O2. The molecule has 2 aliphatic carbocycles. The molecule has 160 valence electrons. The second kappa shape index (κ2) is 8.68. The van der Waals surface area contributed by atoms with Crippen molar-refractivity contribution in [2.45, 2.75) is 51.2 Å². The molecule has 1 heterocycles. The highest BCUT2D eigenvalue weighted by molar-refractivity contribution is 5.85. The maximum absolute atomic E-state index is 11.8. The monoisotopic (exact) mass is 406 g/mol. The summed E-state index contributed by atoms with van der Waals surface area (Å²) in [6.07, 6.45) is 6.06. The molecule has 4 heteroatoms. The Morgan fingerprint density at radius 1 is 1.07 bits per heavy atom. The fourth-order valence-corrected chi connectivity index (χ4v) is 5.62. The van der Waals surface area contributed by atoms with Crippen LogP contribution in [-0.4, -0.2) is 49.2 Å². The molecule has 2 saturated carbocycles. The fourth-order valence-electron chi connectivity index (χ4n) is 5.62. The first-order valence-electron chi connectivity index (χ1n) is 11.7. The van der Waals surface area contributed by atoms with E-state index in [2.05, 4.69) is 52.7 Å². The van der Waals surface area contributed by atoms with Gasteiger partial charge in [-0.2, -0.15) is 0 Å². The van der Waals surface area contributed by atoms with Gasteiger partial charge in [0.25, 0.3) is 0 Å². The number of fused-ring (bicyclic) bond motifs is 2. The van der Waals surface area contributed by atoms with Gasteiger partial charge in [0.1, 0.15) is 0 Å². The number of nitrogens with zero attached hydrogens (tertiary/aromatic N) is 1. The van der Waals surface area contributed by atoms with Gasteiger partial charge in [-0.15, -0.1) is 0 Å². The second-order valence-electron chi connectivity index (χ2n) is 9.76. The third-order valence-electron chi connectivity index (χ3n) is 7.40. The highest BCUT2D eigenvalue weighted by atomic mass is 16.5. The van der Waals surface area contributed by atoms with Gasteiger partial charge in [0, 0.05) is 33.2 Å². The molecule has 4 nitrogen and oxygen atoms in total. The van der Waals surface area contributed by atoms with Crippen molar-refractivity contribution in [1.29, 1.82) is 0 Å². The Morgan fingerprint density at radius 2 is 1.83 bits per heavy atom. The smallest absolute Gasteiger partial charge is 0.217 e. The molecule has 30 heavy (non-hydrogen) atoms. The van der Waals surface area contributed by atoms with Crippen molar-refractivity contribution >= 4 is 16.7 Å². The molecule has 0 bridgehead atoms. The highest BCUT2D eigenvalue weighted by Crippen LogP contribution is 2.39. The molecule has 0 aromatic heterocycles. The number of ether oxygens (including phenoxy) is 1. The molecule has 0 spiro atoms. The summed E-state index contributed by atoms with van der Waals surface area (Å²) in [7, 11) is 0. The molecule has 2 aromatic carbocycles. The SMILES string of the molecule is CC(=O)N[C@@H]1C[C@@H]2CN(CCc3cccc4ccccc34)C[C@@H]2C[C@H]1OCC1CC1. The van der Waals surface area contributed by atoms with Crippen molar-refractivity contribution in [3.63, 3.8) is 0 Å². The Kier molecular flexibility index (Phi) is 5.79. The first-order chi connectivity index (χ1) is 14.7. The number of rotatable bonds is 7. The van der Waals surface area contributed by atoms with Crippen molar-refractivity contribution in [1.82, 2.24) is 10.2 Å². The topological polar surface area (TPSA) is 41.6 Å². The number of likely N-dealkylation sites (tertiary alicyclic amines) is 1. The van der Waals surface area contributed by atoms with Crippen molar-refractivity contribution in [3.05, 3.63) is 48.0 Å². The predicted octanol–water partition coefficient (Wildman–Crippen LogP) is 4.02. The summed E-state index contributed by atoms with van der Waals surface area (Å²) in [5.74, 6) is 2.22. The van der Waals surface area contributed by atoms with E-state index in [1.165, 1.54) is 35.7 Å². The number of hydrogen-bond donors (Lipinski definition) is 1. The van der Waals surface area contributed by atoms with Crippen LogP contribution >= 0.6 is 0 Å². The lowest BCUT2D eigenvalue weighted by Crippen LogP contribution is -2.50. The minimum atomic E-state index is 0.0734. The molecule has 5 rings (SSSR count). The van der Waals surface area contributed by atoms with Gasteiger partial charge in [-0.3, -0.25) is 4.79 Å². The van der Waals surface area contributed by atoms with Gasteiger partial charge >= 0.3 is 0 Å². The Bertz CT molecular complexity index is 888. The third-order valence-corrected chi connectivity index (χ3v) is 7.40. The van der Waals surface area contributed by atoms with Gasteiger partial charge in [-0.1, -0.05) is 42.5 Å². The first kappa shape index (κ1) is 20.0. The van der Waals surface area contributed by atoms with Crippen LogP contribution in [0.4, 0.5) is 0 Å². The van der Waals surface area contributed by atoms with E-state index in [1.807, 2.05) is 0 Å². The summed E-state index contributed by atoms with van der Waals surface area (Å²) < 4.78 is 6.31. The average molecular weight is 407 g/mol. The van der Waals surface area contributed by atoms with E-state index in [1.54, 1.807) is 6.92 Å². The van der Waals surface area contributed by atoms with Crippen molar-refractivity contribution in [2.75, 3.05) is 26.2 Å². The Morgan fingerprint density at radius 3 is 2.63 bits per heavy atom. The van der Waals surface area contributed by atoms with E-state index >= 15 is 0 Å². The van der Waals surface area contributed by atoms with Crippen molar-refractivity contribution in [2.24, 2.45) is 17.8 Å². The summed E-state index contributed by atoms with van der Waals surface area (Å²) in [6.45, 7) is 5.95. The lowest BCUT2D eigenvalue weighted by Gasteiger charge is -2.38. The minimum Gasteiger partial charge on any atom is -0.376 e. The maximum Gasteiger partial charge on any atom is 0.217 e. The second-order valence-corrected chi connectivity index (χ2v) is 9.76. The lowest BCUT2D eigenvalue weighted by molar-refractivity contribution is -0.122. The Labute approximate surface area is 180 Å². The van der Waals surface area contributed by atoms with Crippen LogP contribution in [0.5, 0.6) is 0 Å².